The summed E-state index contributed by atoms with van der Waals surface area (Å²) in [4.78, 5) is 20.7. The van der Waals surface area contributed by atoms with Gasteiger partial charge >= 0.3 is 5.97 Å². The molecule has 5 heteroatoms. The third-order valence-corrected chi connectivity index (χ3v) is 2.22. The van der Waals surface area contributed by atoms with E-state index in [0.29, 0.717) is 5.95 Å². The zero-order valence-corrected chi connectivity index (χ0v) is 9.35. The molecule has 0 amide bonds. The molecule has 1 aromatic heterocycles. The van der Waals surface area contributed by atoms with Crippen LogP contribution >= 0.6 is 0 Å². The predicted molar refractivity (Wildman–Crippen MR) is 57.0 cm³/mol. The van der Waals surface area contributed by atoms with E-state index in [2.05, 4.69) is 9.97 Å². The molecule has 1 atom stereocenters. The maximum atomic E-state index is 10.8. The number of hydrogen-bond acceptors (Lipinski definition) is 4. The van der Waals surface area contributed by atoms with Crippen molar-refractivity contribution in [1.82, 2.24) is 9.97 Å². The summed E-state index contributed by atoms with van der Waals surface area (Å²) in [6.45, 7) is 5.32. The highest BCUT2D eigenvalue weighted by atomic mass is 16.4. The number of likely N-dealkylation sites (N-methyl/N-ethyl adjacent to an activating group) is 1. The average molecular weight is 209 g/mol. The number of aryl methyl sites for hydroxylation is 2. The van der Waals surface area contributed by atoms with Crippen molar-refractivity contribution >= 4 is 11.9 Å². The predicted octanol–water partition coefficient (Wildman–Crippen LogP) is 1.00. The van der Waals surface area contributed by atoms with Gasteiger partial charge in [-0.05, 0) is 26.8 Å². The van der Waals surface area contributed by atoms with Gasteiger partial charge in [-0.3, -0.25) is 0 Å². The average Bonchev–Trinajstić information content (AvgIpc) is 2.13. The highest BCUT2D eigenvalue weighted by Crippen LogP contribution is 2.11. The van der Waals surface area contributed by atoms with Gasteiger partial charge in [-0.15, -0.1) is 0 Å². The Labute approximate surface area is 88.8 Å². The molecule has 0 aliphatic heterocycles. The smallest absolute Gasteiger partial charge is 0.326 e. The van der Waals surface area contributed by atoms with E-state index >= 15 is 0 Å². The second kappa shape index (κ2) is 4.25. The Kier molecular flexibility index (Phi) is 3.24. The van der Waals surface area contributed by atoms with Crippen molar-refractivity contribution in [3.05, 3.63) is 17.5 Å². The highest BCUT2D eigenvalue weighted by molar-refractivity contribution is 5.76. The van der Waals surface area contributed by atoms with Gasteiger partial charge in [-0.2, -0.15) is 0 Å². The fourth-order valence-electron chi connectivity index (χ4n) is 1.20. The van der Waals surface area contributed by atoms with Gasteiger partial charge in [0.15, 0.2) is 0 Å². The van der Waals surface area contributed by atoms with Crippen molar-refractivity contribution in [2.45, 2.75) is 26.8 Å². The first-order chi connectivity index (χ1) is 6.91. The van der Waals surface area contributed by atoms with Crippen molar-refractivity contribution < 1.29 is 9.90 Å². The van der Waals surface area contributed by atoms with E-state index in [1.807, 2.05) is 19.9 Å². The molecule has 0 saturated heterocycles. The van der Waals surface area contributed by atoms with E-state index in [0.717, 1.165) is 11.4 Å². The van der Waals surface area contributed by atoms with Crippen LogP contribution in [0.15, 0.2) is 6.07 Å². The van der Waals surface area contributed by atoms with Crippen LogP contribution < -0.4 is 4.90 Å². The molecule has 0 saturated carbocycles. The number of carboxylic acids is 1. The van der Waals surface area contributed by atoms with E-state index in [9.17, 15) is 4.79 Å². The third kappa shape index (κ3) is 2.65. The van der Waals surface area contributed by atoms with E-state index in [1.165, 1.54) is 0 Å². The molecule has 0 aromatic carbocycles. The van der Waals surface area contributed by atoms with Crippen LogP contribution in [0.5, 0.6) is 0 Å². The Balaban J connectivity index is 3.00. The zero-order valence-electron chi connectivity index (χ0n) is 9.35. The standard InChI is InChI=1S/C10H15N3O2/c1-6-5-7(2)12-10(11-6)13(4)8(3)9(14)15/h5,8H,1-4H3,(H,14,15). The van der Waals surface area contributed by atoms with Crippen molar-refractivity contribution in [3.8, 4) is 0 Å². The summed E-state index contributed by atoms with van der Waals surface area (Å²) < 4.78 is 0. The Morgan fingerprint density at radius 2 is 1.87 bits per heavy atom. The molecule has 1 N–H and O–H groups in total. The van der Waals surface area contributed by atoms with Gasteiger partial charge in [0.25, 0.3) is 0 Å². The minimum absolute atomic E-state index is 0.447. The molecule has 15 heavy (non-hydrogen) atoms. The lowest BCUT2D eigenvalue weighted by atomic mass is 10.3. The SMILES string of the molecule is Cc1cc(C)nc(N(C)C(C)C(=O)O)n1. The first kappa shape index (κ1) is 11.4. The molecule has 0 aliphatic rings. The fourth-order valence-corrected chi connectivity index (χ4v) is 1.20. The van der Waals surface area contributed by atoms with Crippen molar-refractivity contribution in [3.63, 3.8) is 0 Å². The van der Waals surface area contributed by atoms with Crippen molar-refractivity contribution in [2.75, 3.05) is 11.9 Å². The summed E-state index contributed by atoms with van der Waals surface area (Å²) in [7, 11) is 1.67. The highest BCUT2D eigenvalue weighted by Gasteiger charge is 2.19. The molecule has 0 spiro atoms. The van der Waals surface area contributed by atoms with Gasteiger partial charge in [0.2, 0.25) is 5.95 Å². The summed E-state index contributed by atoms with van der Waals surface area (Å²) in [5.74, 6) is -0.442. The van der Waals surface area contributed by atoms with E-state index < -0.39 is 12.0 Å². The minimum atomic E-state index is -0.889. The van der Waals surface area contributed by atoms with Crippen molar-refractivity contribution in [1.29, 1.82) is 0 Å². The van der Waals surface area contributed by atoms with Gasteiger partial charge in [-0.25, -0.2) is 14.8 Å². The van der Waals surface area contributed by atoms with Gasteiger partial charge in [0, 0.05) is 18.4 Å². The fraction of sp³-hybridized carbons (Fsp3) is 0.500. The van der Waals surface area contributed by atoms with E-state index in [4.69, 9.17) is 5.11 Å². The number of anilines is 1. The lowest BCUT2D eigenvalue weighted by Gasteiger charge is -2.21. The Hall–Kier alpha value is -1.65. The summed E-state index contributed by atoms with van der Waals surface area (Å²) in [5, 5.41) is 8.86. The summed E-state index contributed by atoms with van der Waals surface area (Å²) in [6.07, 6.45) is 0. The molecule has 1 unspecified atom stereocenters. The maximum absolute atomic E-state index is 10.8. The Morgan fingerprint density at radius 1 is 1.40 bits per heavy atom. The van der Waals surface area contributed by atoms with Crippen LogP contribution in [0.4, 0.5) is 5.95 Å². The molecule has 1 aromatic rings. The molecule has 82 valence electrons. The molecule has 0 fully saturated rings. The van der Waals surface area contributed by atoms with Crippen LogP contribution in [-0.2, 0) is 4.79 Å². The first-order valence-corrected chi connectivity index (χ1v) is 4.69. The second-order valence-corrected chi connectivity index (χ2v) is 3.58. The number of carboxylic acid groups (broad SMARTS) is 1. The van der Waals surface area contributed by atoms with E-state index in [-0.39, 0.29) is 0 Å². The molecule has 0 radical (unpaired) electrons. The quantitative estimate of drug-likeness (QED) is 0.804. The molecular formula is C10H15N3O2. The van der Waals surface area contributed by atoms with Crippen LogP contribution in [-0.4, -0.2) is 34.1 Å². The summed E-state index contributed by atoms with van der Waals surface area (Å²) in [6, 6.07) is 1.22. The molecule has 1 rings (SSSR count). The zero-order chi connectivity index (χ0) is 11.6. The van der Waals surface area contributed by atoms with Crippen molar-refractivity contribution in [2.24, 2.45) is 0 Å². The number of hydrogen-bond donors (Lipinski definition) is 1. The largest absolute Gasteiger partial charge is 0.480 e. The molecular weight excluding hydrogens is 194 g/mol. The Bertz CT molecular complexity index is 359. The van der Waals surface area contributed by atoms with Gasteiger partial charge in [0.05, 0.1) is 0 Å². The van der Waals surface area contributed by atoms with Crippen LogP contribution in [0.25, 0.3) is 0 Å². The van der Waals surface area contributed by atoms with E-state index in [1.54, 1.807) is 18.9 Å². The molecule has 1 heterocycles. The maximum Gasteiger partial charge on any atom is 0.326 e. The van der Waals surface area contributed by atoms with Gasteiger partial charge in [0.1, 0.15) is 6.04 Å². The van der Waals surface area contributed by atoms with Crippen LogP contribution in [0.2, 0.25) is 0 Å². The third-order valence-electron chi connectivity index (χ3n) is 2.22. The Morgan fingerprint density at radius 3 is 2.27 bits per heavy atom. The van der Waals surface area contributed by atoms with Gasteiger partial charge < -0.3 is 10.0 Å². The summed E-state index contributed by atoms with van der Waals surface area (Å²) >= 11 is 0. The van der Waals surface area contributed by atoms with Crippen LogP contribution in [0.3, 0.4) is 0 Å². The second-order valence-electron chi connectivity index (χ2n) is 3.58. The number of aromatic nitrogens is 2. The topological polar surface area (TPSA) is 66.3 Å². The number of carbonyl (C=O) groups is 1. The van der Waals surface area contributed by atoms with Crippen LogP contribution in [0.1, 0.15) is 18.3 Å². The first-order valence-electron chi connectivity index (χ1n) is 4.69. The number of nitrogens with zero attached hydrogens (tertiary/aromatic N) is 3. The summed E-state index contributed by atoms with van der Waals surface area (Å²) in [5.41, 5.74) is 1.67. The number of rotatable bonds is 3. The molecule has 0 aliphatic carbocycles. The van der Waals surface area contributed by atoms with Gasteiger partial charge in [-0.1, -0.05) is 0 Å². The monoisotopic (exact) mass is 209 g/mol. The molecule has 5 nitrogen and oxygen atoms in total. The molecule has 0 bridgehead atoms. The number of aliphatic carboxylic acids is 1. The minimum Gasteiger partial charge on any atom is -0.480 e. The van der Waals surface area contributed by atoms with Crippen LogP contribution in [0, 0.1) is 13.8 Å². The lowest BCUT2D eigenvalue weighted by molar-refractivity contribution is -0.138. The normalized spacial score (nSPS) is 12.3. The lowest BCUT2D eigenvalue weighted by Crippen LogP contribution is -2.37.